The van der Waals surface area contributed by atoms with Crippen LogP contribution in [-0.2, 0) is 16.0 Å². The van der Waals surface area contributed by atoms with Crippen molar-refractivity contribution in [2.75, 3.05) is 12.4 Å². The number of likely N-dealkylation sites (N-methyl/N-ethyl adjacent to an activating group) is 1. The molecule has 2 rings (SSSR count). The maximum Gasteiger partial charge on any atom is 0.269 e. The summed E-state index contributed by atoms with van der Waals surface area (Å²) in [5, 5.41) is 18.7. The lowest BCUT2D eigenvalue weighted by atomic mass is 10.1. The highest BCUT2D eigenvalue weighted by molar-refractivity contribution is 7.80. The van der Waals surface area contributed by atoms with Gasteiger partial charge in [-0.25, -0.2) is 0 Å². The van der Waals surface area contributed by atoms with Gasteiger partial charge in [-0.1, -0.05) is 12.1 Å². The number of non-ortho nitro benzene ring substituents is 1. The van der Waals surface area contributed by atoms with Gasteiger partial charge in [0.1, 0.15) is 0 Å². The van der Waals surface area contributed by atoms with Gasteiger partial charge in [-0.15, -0.1) is 0 Å². The van der Waals surface area contributed by atoms with Crippen molar-refractivity contribution in [3.63, 3.8) is 0 Å². The summed E-state index contributed by atoms with van der Waals surface area (Å²) in [6.45, 7) is 0. The third-order valence-electron chi connectivity index (χ3n) is 3.62. The lowest BCUT2D eigenvalue weighted by Crippen LogP contribution is -2.32. The van der Waals surface area contributed by atoms with Crippen LogP contribution in [0.5, 0.6) is 0 Å². The molecule has 8 nitrogen and oxygen atoms in total. The second-order valence-corrected chi connectivity index (χ2v) is 6.08. The minimum atomic E-state index is -0.491. The molecule has 0 saturated heterocycles. The van der Waals surface area contributed by atoms with Crippen molar-refractivity contribution in [3.8, 4) is 0 Å². The van der Waals surface area contributed by atoms with E-state index in [2.05, 4.69) is 16.0 Å². The normalized spacial score (nSPS) is 10.3. The highest BCUT2D eigenvalue weighted by Gasteiger charge is 2.05. The van der Waals surface area contributed by atoms with Crippen LogP contribution in [-0.4, -0.2) is 28.9 Å². The molecule has 0 saturated carbocycles. The van der Waals surface area contributed by atoms with Crippen LogP contribution in [0.15, 0.2) is 54.6 Å². The minimum absolute atomic E-state index is 0.0201. The predicted octanol–water partition coefficient (Wildman–Crippen LogP) is 2.41. The van der Waals surface area contributed by atoms with Gasteiger partial charge in [0.25, 0.3) is 5.69 Å². The average Bonchev–Trinajstić information content (AvgIpc) is 2.68. The number of anilines is 1. The molecule has 0 atom stereocenters. The van der Waals surface area contributed by atoms with Crippen LogP contribution in [0.1, 0.15) is 11.1 Å². The number of thiocarbonyl (C=S) groups is 1. The first-order valence-electron chi connectivity index (χ1n) is 8.21. The van der Waals surface area contributed by atoms with E-state index in [9.17, 15) is 19.7 Å². The van der Waals surface area contributed by atoms with Crippen LogP contribution in [0.4, 0.5) is 11.4 Å². The van der Waals surface area contributed by atoms with Crippen LogP contribution < -0.4 is 16.0 Å². The summed E-state index contributed by atoms with van der Waals surface area (Å²) in [4.78, 5) is 33.4. The van der Waals surface area contributed by atoms with Gasteiger partial charge < -0.3 is 10.6 Å². The van der Waals surface area contributed by atoms with E-state index < -0.39 is 10.8 Å². The number of hydrogen-bond acceptors (Lipinski definition) is 5. The Morgan fingerprint density at radius 1 is 1.11 bits per heavy atom. The van der Waals surface area contributed by atoms with E-state index in [1.54, 1.807) is 43.4 Å². The van der Waals surface area contributed by atoms with Gasteiger partial charge in [0.2, 0.25) is 11.8 Å². The quantitative estimate of drug-likeness (QED) is 0.298. The van der Waals surface area contributed by atoms with Crippen LogP contribution in [0.3, 0.4) is 0 Å². The zero-order valence-corrected chi connectivity index (χ0v) is 15.8. The molecular formula is C19H18N4O4S. The predicted molar refractivity (Wildman–Crippen MR) is 111 cm³/mol. The van der Waals surface area contributed by atoms with Crippen LogP contribution in [0.2, 0.25) is 0 Å². The molecule has 0 fully saturated rings. The lowest BCUT2D eigenvalue weighted by Gasteiger charge is -2.09. The molecule has 0 aliphatic rings. The maximum absolute atomic E-state index is 11.9. The van der Waals surface area contributed by atoms with E-state index in [0.717, 1.165) is 5.56 Å². The summed E-state index contributed by atoms with van der Waals surface area (Å²) in [6.07, 6.45) is 3.09. The number of carbonyl (C=O) groups excluding carboxylic acids is 2. The zero-order chi connectivity index (χ0) is 20.5. The Morgan fingerprint density at radius 3 is 2.32 bits per heavy atom. The first kappa shape index (κ1) is 20.7. The van der Waals surface area contributed by atoms with E-state index in [-0.39, 0.29) is 23.1 Å². The second-order valence-electron chi connectivity index (χ2n) is 5.67. The second kappa shape index (κ2) is 9.93. The van der Waals surface area contributed by atoms with Crippen molar-refractivity contribution in [2.24, 2.45) is 0 Å². The fraction of sp³-hybridized carbons (Fsp3) is 0.105. The smallest absolute Gasteiger partial charge is 0.269 e. The number of rotatable bonds is 6. The summed E-state index contributed by atoms with van der Waals surface area (Å²) < 4.78 is 0. The van der Waals surface area contributed by atoms with E-state index in [1.165, 1.54) is 24.3 Å². The highest BCUT2D eigenvalue weighted by Crippen LogP contribution is 2.13. The molecule has 0 heterocycles. The molecule has 0 aromatic heterocycles. The molecule has 0 spiro atoms. The fourth-order valence-corrected chi connectivity index (χ4v) is 2.39. The Kier molecular flexibility index (Phi) is 7.35. The maximum atomic E-state index is 11.9. The first-order chi connectivity index (χ1) is 13.4. The number of hydrogen-bond donors (Lipinski definition) is 3. The van der Waals surface area contributed by atoms with Gasteiger partial charge in [-0.3, -0.25) is 25.0 Å². The van der Waals surface area contributed by atoms with Crippen molar-refractivity contribution < 1.29 is 14.5 Å². The molecule has 0 aliphatic heterocycles. The van der Waals surface area contributed by atoms with Gasteiger partial charge >= 0.3 is 0 Å². The third-order valence-corrected chi connectivity index (χ3v) is 3.83. The molecule has 9 heteroatoms. The van der Waals surface area contributed by atoms with Gasteiger partial charge in [0.15, 0.2) is 5.11 Å². The van der Waals surface area contributed by atoms with Crippen molar-refractivity contribution in [1.82, 2.24) is 10.6 Å². The highest BCUT2D eigenvalue weighted by atomic mass is 32.1. The van der Waals surface area contributed by atoms with E-state index in [4.69, 9.17) is 12.2 Å². The Balaban J connectivity index is 1.85. The summed E-state index contributed by atoms with van der Waals surface area (Å²) in [7, 11) is 1.58. The van der Waals surface area contributed by atoms with Gasteiger partial charge in [0, 0.05) is 30.9 Å². The first-order valence-corrected chi connectivity index (χ1v) is 8.62. The molecule has 0 unspecified atom stereocenters. The van der Waals surface area contributed by atoms with Crippen molar-refractivity contribution >= 4 is 46.6 Å². The Bertz CT molecular complexity index is 909. The van der Waals surface area contributed by atoms with Crippen LogP contribution in [0, 0.1) is 10.1 Å². The zero-order valence-electron chi connectivity index (χ0n) is 15.0. The van der Waals surface area contributed by atoms with E-state index >= 15 is 0 Å². The average molecular weight is 398 g/mol. The van der Waals surface area contributed by atoms with E-state index in [1.807, 2.05) is 0 Å². The molecular weight excluding hydrogens is 380 g/mol. The van der Waals surface area contributed by atoms with Crippen LogP contribution >= 0.6 is 12.2 Å². The van der Waals surface area contributed by atoms with Crippen LogP contribution in [0.25, 0.3) is 6.08 Å². The molecule has 3 N–H and O–H groups in total. The topological polar surface area (TPSA) is 113 Å². The number of nitrogens with one attached hydrogen (secondary N) is 3. The Morgan fingerprint density at radius 2 is 1.75 bits per heavy atom. The Labute approximate surface area is 166 Å². The third kappa shape index (κ3) is 6.61. The molecule has 0 radical (unpaired) electrons. The molecule has 0 bridgehead atoms. The Hall–Kier alpha value is -3.59. The monoisotopic (exact) mass is 398 g/mol. The minimum Gasteiger partial charge on any atom is -0.359 e. The molecule has 2 aromatic carbocycles. The number of nitro benzene ring substituents is 1. The van der Waals surface area contributed by atoms with Crippen molar-refractivity contribution in [3.05, 3.63) is 75.8 Å². The van der Waals surface area contributed by atoms with Gasteiger partial charge in [0.05, 0.1) is 11.3 Å². The van der Waals surface area contributed by atoms with Crippen molar-refractivity contribution in [2.45, 2.75) is 6.42 Å². The number of carbonyl (C=O) groups is 2. The van der Waals surface area contributed by atoms with Crippen molar-refractivity contribution in [1.29, 1.82) is 0 Å². The standard InChI is InChI=1S/C19H18N4O4S/c1-20-18(25)12-14-2-7-15(8-3-14)21-19(28)22-17(24)11-6-13-4-9-16(10-5-13)23(26)27/h2-11H,12H2,1H3,(H,20,25)(H2,21,22,24,28)/b11-6+. The summed E-state index contributed by atoms with van der Waals surface area (Å²) >= 11 is 5.09. The molecule has 28 heavy (non-hydrogen) atoms. The molecule has 2 aromatic rings. The van der Waals surface area contributed by atoms with Gasteiger partial charge in [-0.2, -0.15) is 0 Å². The summed E-state index contributed by atoms with van der Waals surface area (Å²) in [5.74, 6) is -0.518. The number of nitro groups is 1. The lowest BCUT2D eigenvalue weighted by molar-refractivity contribution is -0.384. The number of nitrogens with zero attached hydrogens (tertiary/aromatic N) is 1. The number of benzene rings is 2. The number of amides is 2. The molecule has 144 valence electrons. The largest absolute Gasteiger partial charge is 0.359 e. The SMILES string of the molecule is CNC(=O)Cc1ccc(NC(=S)NC(=O)/C=C/c2ccc([N+](=O)[O-])cc2)cc1. The van der Waals surface area contributed by atoms with E-state index in [0.29, 0.717) is 11.3 Å². The fourth-order valence-electron chi connectivity index (χ4n) is 2.17. The van der Waals surface area contributed by atoms with Gasteiger partial charge in [-0.05, 0) is 53.7 Å². The summed E-state index contributed by atoms with van der Waals surface area (Å²) in [5.41, 5.74) is 2.15. The molecule has 0 aliphatic carbocycles. The summed E-state index contributed by atoms with van der Waals surface area (Å²) in [6, 6.07) is 12.9. The molecule has 2 amide bonds.